The van der Waals surface area contributed by atoms with Gasteiger partial charge in [0.15, 0.2) is 0 Å². The molecule has 0 amide bonds. The average Bonchev–Trinajstić information content (AvgIpc) is 3.18. The van der Waals surface area contributed by atoms with E-state index in [2.05, 4.69) is 31.1 Å². The smallest absolute Gasteiger partial charge is 0.0616 e. The summed E-state index contributed by atoms with van der Waals surface area (Å²) in [7, 11) is 2.27. The van der Waals surface area contributed by atoms with E-state index in [1.165, 1.54) is 38.6 Å². The molecule has 3 unspecified atom stereocenters. The molecule has 2 N–H and O–H groups in total. The van der Waals surface area contributed by atoms with E-state index < -0.39 is 0 Å². The lowest BCUT2D eigenvalue weighted by Gasteiger charge is -2.36. The second-order valence-corrected chi connectivity index (χ2v) is 6.78. The average molecular weight is 268 g/mol. The molecule has 0 bridgehead atoms. The lowest BCUT2D eigenvalue weighted by atomic mass is 9.85. The Balaban J connectivity index is 1.83. The molecule has 3 nitrogen and oxygen atoms in total. The normalized spacial score (nSPS) is 33.0. The SMILES string of the molecule is CCNC1(CO)CCCC1CCN(C)C(C)C1CC1. The van der Waals surface area contributed by atoms with Crippen LogP contribution < -0.4 is 5.32 Å². The first kappa shape index (κ1) is 15.3. The maximum atomic E-state index is 9.81. The van der Waals surface area contributed by atoms with Crippen molar-refractivity contribution in [3.8, 4) is 0 Å². The highest BCUT2D eigenvalue weighted by molar-refractivity contribution is 4.99. The van der Waals surface area contributed by atoms with Gasteiger partial charge in [0.05, 0.1) is 6.61 Å². The van der Waals surface area contributed by atoms with Gasteiger partial charge < -0.3 is 15.3 Å². The van der Waals surface area contributed by atoms with Crippen molar-refractivity contribution in [1.82, 2.24) is 10.2 Å². The molecule has 0 aromatic heterocycles. The first-order valence-corrected chi connectivity index (χ1v) is 8.19. The molecule has 0 heterocycles. The predicted octanol–water partition coefficient (Wildman–Crippen LogP) is 2.25. The summed E-state index contributed by atoms with van der Waals surface area (Å²) < 4.78 is 0. The lowest BCUT2D eigenvalue weighted by Crippen LogP contribution is -2.52. The molecule has 0 aromatic carbocycles. The highest BCUT2D eigenvalue weighted by atomic mass is 16.3. The summed E-state index contributed by atoms with van der Waals surface area (Å²) in [6.07, 6.45) is 7.75. The molecule has 3 heteroatoms. The van der Waals surface area contributed by atoms with Crippen LogP contribution >= 0.6 is 0 Å². The third-order valence-corrected chi connectivity index (χ3v) is 5.60. The molecule has 112 valence electrons. The van der Waals surface area contributed by atoms with Gasteiger partial charge in [-0.2, -0.15) is 0 Å². The molecule has 2 rings (SSSR count). The van der Waals surface area contributed by atoms with Crippen LogP contribution in [0, 0.1) is 11.8 Å². The number of aliphatic hydroxyl groups is 1. The number of nitrogens with one attached hydrogen (secondary N) is 1. The Hall–Kier alpha value is -0.120. The Morgan fingerprint density at radius 1 is 1.37 bits per heavy atom. The van der Waals surface area contributed by atoms with Crippen molar-refractivity contribution in [1.29, 1.82) is 0 Å². The van der Waals surface area contributed by atoms with Crippen molar-refractivity contribution >= 4 is 0 Å². The van der Waals surface area contributed by atoms with E-state index in [-0.39, 0.29) is 5.54 Å². The molecule has 2 aliphatic rings. The van der Waals surface area contributed by atoms with Gasteiger partial charge in [-0.1, -0.05) is 13.3 Å². The number of hydrogen-bond acceptors (Lipinski definition) is 3. The Morgan fingerprint density at radius 3 is 2.68 bits per heavy atom. The van der Waals surface area contributed by atoms with Gasteiger partial charge >= 0.3 is 0 Å². The van der Waals surface area contributed by atoms with E-state index in [9.17, 15) is 5.11 Å². The van der Waals surface area contributed by atoms with Crippen LogP contribution in [0.5, 0.6) is 0 Å². The molecule has 19 heavy (non-hydrogen) atoms. The molecule has 3 atom stereocenters. The van der Waals surface area contributed by atoms with Crippen molar-refractivity contribution in [2.24, 2.45) is 11.8 Å². The van der Waals surface area contributed by atoms with Crippen molar-refractivity contribution in [2.75, 3.05) is 26.7 Å². The van der Waals surface area contributed by atoms with E-state index in [0.29, 0.717) is 12.5 Å². The zero-order valence-electron chi connectivity index (χ0n) is 13.0. The van der Waals surface area contributed by atoms with Crippen molar-refractivity contribution in [3.63, 3.8) is 0 Å². The quantitative estimate of drug-likeness (QED) is 0.709. The van der Waals surface area contributed by atoms with Crippen LogP contribution in [0.3, 0.4) is 0 Å². The summed E-state index contributed by atoms with van der Waals surface area (Å²) in [6.45, 7) is 6.96. The molecule has 0 saturated heterocycles. The monoisotopic (exact) mass is 268 g/mol. The van der Waals surface area contributed by atoms with Gasteiger partial charge in [-0.05, 0) is 71.0 Å². The van der Waals surface area contributed by atoms with E-state index in [1.807, 2.05) is 0 Å². The first-order valence-electron chi connectivity index (χ1n) is 8.19. The van der Waals surface area contributed by atoms with E-state index in [1.54, 1.807) is 0 Å². The van der Waals surface area contributed by atoms with Crippen LogP contribution in [0.15, 0.2) is 0 Å². The third kappa shape index (κ3) is 3.50. The molecular weight excluding hydrogens is 236 g/mol. The molecule has 0 aliphatic heterocycles. The Bertz CT molecular complexity index is 280. The third-order valence-electron chi connectivity index (χ3n) is 5.60. The van der Waals surface area contributed by atoms with Gasteiger partial charge in [-0.25, -0.2) is 0 Å². The fourth-order valence-electron chi connectivity index (χ4n) is 3.92. The zero-order valence-corrected chi connectivity index (χ0v) is 13.0. The highest BCUT2D eigenvalue weighted by Crippen LogP contribution is 2.39. The summed E-state index contributed by atoms with van der Waals surface area (Å²) in [5.74, 6) is 1.59. The summed E-state index contributed by atoms with van der Waals surface area (Å²) in [6, 6.07) is 0.740. The molecule has 2 aliphatic carbocycles. The van der Waals surface area contributed by atoms with Crippen LogP contribution in [0.1, 0.15) is 52.4 Å². The van der Waals surface area contributed by atoms with Crippen molar-refractivity contribution in [2.45, 2.75) is 64.0 Å². The van der Waals surface area contributed by atoms with E-state index in [4.69, 9.17) is 0 Å². The topological polar surface area (TPSA) is 35.5 Å². The van der Waals surface area contributed by atoms with E-state index in [0.717, 1.165) is 24.9 Å². The van der Waals surface area contributed by atoms with E-state index >= 15 is 0 Å². The Labute approximate surface area is 118 Å². The molecule has 0 aromatic rings. The predicted molar refractivity (Wildman–Crippen MR) is 80.3 cm³/mol. The maximum Gasteiger partial charge on any atom is 0.0616 e. The number of aliphatic hydroxyl groups excluding tert-OH is 1. The molecule has 0 radical (unpaired) electrons. The van der Waals surface area contributed by atoms with Crippen LogP contribution in [0.2, 0.25) is 0 Å². The fraction of sp³-hybridized carbons (Fsp3) is 1.00. The summed E-state index contributed by atoms with van der Waals surface area (Å²) in [5.41, 5.74) is 0.0123. The minimum absolute atomic E-state index is 0.0123. The van der Waals surface area contributed by atoms with Gasteiger partial charge in [-0.15, -0.1) is 0 Å². The van der Waals surface area contributed by atoms with Gasteiger partial charge in [0.25, 0.3) is 0 Å². The number of rotatable bonds is 8. The van der Waals surface area contributed by atoms with Gasteiger partial charge in [-0.3, -0.25) is 0 Å². The largest absolute Gasteiger partial charge is 0.394 e. The minimum Gasteiger partial charge on any atom is -0.394 e. The highest BCUT2D eigenvalue weighted by Gasteiger charge is 2.41. The first-order chi connectivity index (χ1) is 9.13. The van der Waals surface area contributed by atoms with Gasteiger partial charge in [0.2, 0.25) is 0 Å². The summed E-state index contributed by atoms with van der Waals surface area (Å²) in [5, 5.41) is 13.4. The molecule has 0 spiro atoms. The number of hydrogen-bond donors (Lipinski definition) is 2. The summed E-state index contributed by atoms with van der Waals surface area (Å²) >= 11 is 0. The van der Waals surface area contributed by atoms with Crippen molar-refractivity contribution < 1.29 is 5.11 Å². The molecular formula is C16H32N2O. The zero-order chi connectivity index (χ0) is 13.9. The van der Waals surface area contributed by atoms with Gasteiger partial charge in [0.1, 0.15) is 0 Å². The maximum absolute atomic E-state index is 9.81. The second kappa shape index (κ2) is 6.55. The van der Waals surface area contributed by atoms with Gasteiger partial charge in [0, 0.05) is 11.6 Å². The van der Waals surface area contributed by atoms with Crippen LogP contribution in [-0.4, -0.2) is 48.3 Å². The standard InChI is InChI=1S/C16H32N2O/c1-4-17-16(12-19)10-5-6-15(16)9-11-18(3)13(2)14-7-8-14/h13-15,17,19H,4-12H2,1-3H3. The second-order valence-electron chi connectivity index (χ2n) is 6.78. The van der Waals surface area contributed by atoms with Crippen molar-refractivity contribution in [3.05, 3.63) is 0 Å². The fourth-order valence-corrected chi connectivity index (χ4v) is 3.92. The molecule has 2 saturated carbocycles. The number of nitrogens with zero attached hydrogens (tertiary/aromatic N) is 1. The Morgan fingerprint density at radius 2 is 2.11 bits per heavy atom. The summed E-state index contributed by atoms with van der Waals surface area (Å²) in [4.78, 5) is 2.53. The number of likely N-dealkylation sites (N-methyl/N-ethyl adjacent to an activating group) is 1. The van der Waals surface area contributed by atoms with Crippen LogP contribution in [0.4, 0.5) is 0 Å². The molecule has 2 fully saturated rings. The minimum atomic E-state index is 0.0123. The lowest BCUT2D eigenvalue weighted by molar-refractivity contribution is 0.110. The van der Waals surface area contributed by atoms with Crippen LogP contribution in [-0.2, 0) is 0 Å². The Kier molecular flexibility index (Phi) is 5.27. The van der Waals surface area contributed by atoms with Crippen LogP contribution in [0.25, 0.3) is 0 Å².